The maximum absolute atomic E-state index is 13.6. The van der Waals surface area contributed by atoms with Gasteiger partial charge in [0.2, 0.25) is 5.91 Å². The van der Waals surface area contributed by atoms with Gasteiger partial charge in [0.05, 0.1) is 30.7 Å². The molecule has 7 rings (SSSR count). The average molecular weight is 529 g/mol. The van der Waals surface area contributed by atoms with Gasteiger partial charge in [-0.25, -0.2) is 4.99 Å². The predicted molar refractivity (Wildman–Crippen MR) is 150 cm³/mol. The maximum atomic E-state index is 13.6. The second-order valence-corrected chi connectivity index (χ2v) is 11.7. The molecule has 2 aromatic rings. The van der Waals surface area contributed by atoms with Gasteiger partial charge >= 0.3 is 0 Å². The lowest BCUT2D eigenvalue weighted by Crippen LogP contribution is -2.53. The molecule has 0 saturated carbocycles. The smallest absolute Gasteiger partial charge is 0.251 e. The Bertz CT molecular complexity index is 1400. The quantitative estimate of drug-likeness (QED) is 0.539. The van der Waals surface area contributed by atoms with Crippen LogP contribution in [0.25, 0.3) is 6.08 Å². The van der Waals surface area contributed by atoms with Gasteiger partial charge in [0.1, 0.15) is 17.1 Å². The first-order valence-electron chi connectivity index (χ1n) is 13.9. The van der Waals surface area contributed by atoms with Gasteiger partial charge in [-0.3, -0.25) is 14.5 Å². The van der Waals surface area contributed by atoms with Gasteiger partial charge in [0, 0.05) is 29.5 Å². The number of carbonyl (C=O) groups excluding carboxylic acids is 2. The molecule has 0 spiro atoms. The number of benzene rings is 2. The van der Waals surface area contributed by atoms with Crippen LogP contribution >= 0.6 is 0 Å². The van der Waals surface area contributed by atoms with Gasteiger partial charge < -0.3 is 20.5 Å². The lowest BCUT2D eigenvalue weighted by Gasteiger charge is -2.42. The van der Waals surface area contributed by atoms with Crippen LogP contribution < -0.4 is 20.5 Å². The summed E-state index contributed by atoms with van der Waals surface area (Å²) in [7, 11) is 0. The fourth-order valence-corrected chi connectivity index (χ4v) is 6.39. The number of fused-ring (bicyclic) bond motifs is 4. The second kappa shape index (κ2) is 9.43. The summed E-state index contributed by atoms with van der Waals surface area (Å²) in [6, 6.07) is 11.0. The average Bonchev–Trinajstić information content (AvgIpc) is 2.90. The van der Waals surface area contributed by atoms with Crippen molar-refractivity contribution in [1.82, 2.24) is 10.2 Å². The number of rotatable bonds is 1. The molecule has 3 atom stereocenters. The van der Waals surface area contributed by atoms with Crippen molar-refractivity contribution in [1.29, 1.82) is 0 Å². The number of carbonyl (C=O) groups is 2. The summed E-state index contributed by atoms with van der Waals surface area (Å²) >= 11 is 0. The fraction of sp³-hybridized carbons (Fsp3) is 0.452. The first-order chi connectivity index (χ1) is 18.7. The SMILES string of the molecule is CCC12CC/C=C/c3ccc4c(c3)[C@H](CC(C)(C)O4)NC(=O)c3ccc4c(c3)[C@@H](CCO4)N(C(=O)C1)C(N)=N2. The zero-order chi connectivity index (χ0) is 27.4. The van der Waals surface area contributed by atoms with Crippen LogP contribution in [0, 0.1) is 0 Å². The van der Waals surface area contributed by atoms with E-state index in [1.165, 1.54) is 0 Å². The van der Waals surface area contributed by atoms with E-state index in [4.69, 9.17) is 20.2 Å². The molecule has 8 heteroatoms. The van der Waals surface area contributed by atoms with Crippen molar-refractivity contribution in [3.05, 3.63) is 64.7 Å². The van der Waals surface area contributed by atoms with Gasteiger partial charge in [-0.1, -0.05) is 25.1 Å². The number of aliphatic imine (C=N–C) groups is 1. The molecule has 5 aliphatic rings. The largest absolute Gasteiger partial charge is 0.493 e. The standard InChI is InChI=1S/C31H36N4O4/c1-4-31-13-6-5-7-19-8-10-26-21(15-19)23(17-30(2,3)39-26)33-28(37)20-9-11-25-22(16-20)24(12-14-38-25)35(27(36)18-31)29(32)34-31/h5,7-11,15-16,23-24H,4,6,12-14,17-18H2,1-3H3,(H2,32,34)(H,33,37)/b7-5+/t23-,24+,31?/m0/s1. The van der Waals surface area contributed by atoms with E-state index < -0.39 is 11.1 Å². The molecular weight excluding hydrogens is 492 g/mol. The molecule has 0 fully saturated rings. The number of hydrogen-bond acceptors (Lipinski definition) is 6. The summed E-state index contributed by atoms with van der Waals surface area (Å²) in [5.74, 6) is 1.48. The number of nitrogens with zero attached hydrogens (tertiary/aromatic N) is 2. The molecule has 3 N–H and O–H groups in total. The van der Waals surface area contributed by atoms with Crippen LogP contribution in [0.2, 0.25) is 0 Å². The second-order valence-electron chi connectivity index (χ2n) is 11.7. The van der Waals surface area contributed by atoms with Crippen molar-refractivity contribution in [3.8, 4) is 11.5 Å². The minimum absolute atomic E-state index is 0.0354. The molecular formula is C31H36N4O4. The molecule has 204 valence electrons. The van der Waals surface area contributed by atoms with Crippen molar-refractivity contribution < 1.29 is 19.1 Å². The Morgan fingerprint density at radius 1 is 1.13 bits per heavy atom. The van der Waals surface area contributed by atoms with Gasteiger partial charge in [0.25, 0.3) is 5.91 Å². The lowest BCUT2D eigenvalue weighted by atomic mass is 9.84. The van der Waals surface area contributed by atoms with Crippen LogP contribution in [0.1, 0.15) is 98.4 Å². The van der Waals surface area contributed by atoms with E-state index in [0.717, 1.165) is 41.7 Å². The van der Waals surface area contributed by atoms with Crippen molar-refractivity contribution in [2.75, 3.05) is 6.61 Å². The Morgan fingerprint density at radius 3 is 2.74 bits per heavy atom. The number of allylic oxidation sites excluding steroid dienone is 1. The van der Waals surface area contributed by atoms with Gasteiger partial charge in [0.15, 0.2) is 5.96 Å². The van der Waals surface area contributed by atoms with Crippen molar-refractivity contribution in [2.45, 2.75) is 82.5 Å². The summed E-state index contributed by atoms with van der Waals surface area (Å²) in [5.41, 5.74) is 8.87. The van der Waals surface area contributed by atoms with E-state index in [9.17, 15) is 9.59 Å². The van der Waals surface area contributed by atoms with Crippen LogP contribution in [-0.4, -0.2) is 40.4 Å². The highest BCUT2D eigenvalue weighted by atomic mass is 16.5. The normalized spacial score (nSPS) is 28.3. The minimum atomic E-state index is -0.524. The first kappa shape index (κ1) is 25.5. The van der Waals surface area contributed by atoms with E-state index in [1.807, 2.05) is 38.1 Å². The number of nitrogens with two attached hydrogens (primary N) is 1. The fourth-order valence-electron chi connectivity index (χ4n) is 6.39. The van der Waals surface area contributed by atoms with Gasteiger partial charge in [-0.2, -0.15) is 0 Å². The highest BCUT2D eigenvalue weighted by Crippen LogP contribution is 2.42. The molecule has 5 heterocycles. The van der Waals surface area contributed by atoms with Crippen molar-refractivity contribution in [2.24, 2.45) is 10.7 Å². The zero-order valence-corrected chi connectivity index (χ0v) is 22.8. The molecule has 0 radical (unpaired) electrons. The Balaban J connectivity index is 1.46. The maximum Gasteiger partial charge on any atom is 0.251 e. The molecule has 8 nitrogen and oxygen atoms in total. The molecule has 0 aliphatic carbocycles. The molecule has 2 amide bonds. The zero-order valence-electron chi connectivity index (χ0n) is 22.8. The molecule has 6 bridgehead atoms. The van der Waals surface area contributed by atoms with Crippen LogP contribution in [0.4, 0.5) is 0 Å². The van der Waals surface area contributed by atoms with Gasteiger partial charge in [-0.15, -0.1) is 0 Å². The Kier molecular flexibility index (Phi) is 6.16. The minimum Gasteiger partial charge on any atom is -0.493 e. The number of amides is 2. The number of ether oxygens (including phenoxy) is 2. The van der Waals surface area contributed by atoms with Gasteiger partial charge in [-0.05, 0) is 69.0 Å². The highest BCUT2D eigenvalue weighted by Gasteiger charge is 2.42. The Labute approximate surface area is 229 Å². The number of guanidine groups is 1. The van der Waals surface area contributed by atoms with E-state index in [0.29, 0.717) is 37.2 Å². The monoisotopic (exact) mass is 528 g/mol. The summed E-state index contributed by atoms with van der Waals surface area (Å²) in [6.45, 7) is 6.60. The number of nitrogens with one attached hydrogen (secondary N) is 1. The third-order valence-corrected chi connectivity index (χ3v) is 8.48. The van der Waals surface area contributed by atoms with E-state index in [2.05, 4.69) is 30.5 Å². The predicted octanol–water partition coefficient (Wildman–Crippen LogP) is 5.05. The Hall–Kier alpha value is -3.81. The third-order valence-electron chi connectivity index (χ3n) is 8.48. The summed E-state index contributed by atoms with van der Waals surface area (Å²) in [6.07, 6.45) is 7.96. The molecule has 1 unspecified atom stereocenters. The van der Waals surface area contributed by atoms with Crippen LogP contribution in [-0.2, 0) is 4.79 Å². The van der Waals surface area contributed by atoms with Crippen molar-refractivity contribution >= 4 is 23.8 Å². The first-order valence-corrected chi connectivity index (χ1v) is 13.9. The van der Waals surface area contributed by atoms with Crippen LogP contribution in [0.5, 0.6) is 11.5 Å². The summed E-state index contributed by atoms with van der Waals surface area (Å²) in [5, 5.41) is 3.26. The van der Waals surface area contributed by atoms with E-state index in [-0.39, 0.29) is 29.9 Å². The highest BCUT2D eigenvalue weighted by molar-refractivity contribution is 6.00. The summed E-state index contributed by atoms with van der Waals surface area (Å²) < 4.78 is 12.2. The summed E-state index contributed by atoms with van der Waals surface area (Å²) in [4.78, 5) is 33.8. The lowest BCUT2D eigenvalue weighted by molar-refractivity contribution is -0.132. The van der Waals surface area contributed by atoms with Crippen molar-refractivity contribution in [3.63, 3.8) is 0 Å². The van der Waals surface area contributed by atoms with Crippen LogP contribution in [0.15, 0.2) is 47.5 Å². The van der Waals surface area contributed by atoms with E-state index in [1.54, 1.807) is 11.0 Å². The topological polar surface area (TPSA) is 106 Å². The molecule has 39 heavy (non-hydrogen) atoms. The molecule has 2 aromatic carbocycles. The third kappa shape index (κ3) is 4.66. The Morgan fingerprint density at radius 2 is 1.95 bits per heavy atom. The molecule has 5 aliphatic heterocycles. The molecule has 0 saturated heterocycles. The van der Waals surface area contributed by atoms with Crippen LogP contribution in [0.3, 0.4) is 0 Å². The van der Waals surface area contributed by atoms with E-state index >= 15 is 0 Å². The molecule has 0 aromatic heterocycles. The number of hydrogen-bond donors (Lipinski definition) is 2.